The molecule has 0 spiro atoms. The lowest BCUT2D eigenvalue weighted by Crippen LogP contribution is -1.66. The Morgan fingerprint density at radius 3 is 2.44 bits per heavy atom. The molecule has 0 aromatic heterocycles. The molecule has 0 saturated carbocycles. The second-order valence-electron chi connectivity index (χ2n) is 1.54. The predicted octanol–water partition coefficient (Wildman–Crippen LogP) is 2.37. The number of phenols is 1. The zero-order valence-corrected chi connectivity index (χ0v) is 5.36. The Bertz CT molecular complexity index is 202. The fourth-order valence-corrected chi connectivity index (χ4v) is 0.799. The molecule has 3 heteroatoms. The molecule has 0 saturated heterocycles. The summed E-state index contributed by atoms with van der Waals surface area (Å²) in [5.41, 5.74) is 0. The van der Waals surface area contributed by atoms with Gasteiger partial charge in [0.1, 0.15) is 5.75 Å². The standard InChI is InChI=1S/C6H5FOS/c7-9-6-4-2-1-3-5(6)8/h1-4,8H. The summed E-state index contributed by atoms with van der Waals surface area (Å²) in [6, 6.07) is 6.28. The molecule has 1 aromatic rings. The van der Waals surface area contributed by atoms with Crippen LogP contribution in [0.15, 0.2) is 29.2 Å². The second-order valence-corrected chi connectivity index (χ2v) is 2.14. The van der Waals surface area contributed by atoms with Crippen molar-refractivity contribution in [1.82, 2.24) is 0 Å². The van der Waals surface area contributed by atoms with E-state index in [9.17, 15) is 3.89 Å². The number of rotatable bonds is 1. The first kappa shape index (κ1) is 6.42. The first-order chi connectivity index (χ1) is 4.34. The molecule has 0 atom stereocenters. The largest absolute Gasteiger partial charge is 0.507 e. The fraction of sp³-hybridized carbons (Fsp3) is 0. The normalized spacial score (nSPS) is 9.44. The molecule has 9 heavy (non-hydrogen) atoms. The van der Waals surface area contributed by atoms with Crippen LogP contribution in [-0.4, -0.2) is 5.11 Å². The van der Waals surface area contributed by atoms with Gasteiger partial charge in [0.15, 0.2) is 0 Å². The molecule has 1 nitrogen and oxygen atoms in total. The first-order valence-electron chi connectivity index (χ1n) is 2.41. The highest BCUT2D eigenvalue weighted by Gasteiger charge is 1.96. The summed E-state index contributed by atoms with van der Waals surface area (Å²) in [6.07, 6.45) is 0. The average molecular weight is 144 g/mol. The maximum atomic E-state index is 11.7. The molecule has 0 aliphatic rings. The van der Waals surface area contributed by atoms with Crippen molar-refractivity contribution < 1.29 is 8.99 Å². The van der Waals surface area contributed by atoms with Crippen molar-refractivity contribution in [2.24, 2.45) is 0 Å². The van der Waals surface area contributed by atoms with Gasteiger partial charge in [-0.25, -0.2) is 0 Å². The monoisotopic (exact) mass is 144 g/mol. The molecule has 1 rings (SSSR count). The zero-order chi connectivity index (χ0) is 6.69. The van der Waals surface area contributed by atoms with Gasteiger partial charge in [0.2, 0.25) is 0 Å². The van der Waals surface area contributed by atoms with E-state index in [1.807, 2.05) is 0 Å². The lowest BCUT2D eigenvalue weighted by molar-refractivity contribution is 0.462. The van der Waals surface area contributed by atoms with Crippen LogP contribution in [0.2, 0.25) is 0 Å². The number of hydrogen-bond acceptors (Lipinski definition) is 2. The number of aromatic hydroxyl groups is 1. The van der Waals surface area contributed by atoms with Crippen LogP contribution in [0.3, 0.4) is 0 Å². The number of benzene rings is 1. The minimum atomic E-state index is -0.00926. The molecule has 1 N–H and O–H groups in total. The number of para-hydroxylation sites is 1. The summed E-state index contributed by atoms with van der Waals surface area (Å²) in [5, 5.41) is 8.85. The van der Waals surface area contributed by atoms with Crippen molar-refractivity contribution in [3.05, 3.63) is 24.3 Å². The van der Waals surface area contributed by atoms with Crippen molar-refractivity contribution in [3.8, 4) is 5.75 Å². The summed E-state index contributed by atoms with van der Waals surface area (Å²) < 4.78 is 11.7. The van der Waals surface area contributed by atoms with E-state index in [4.69, 9.17) is 5.11 Å². The Hall–Kier alpha value is -0.700. The molecular formula is C6H5FOS. The smallest absolute Gasteiger partial charge is 0.131 e. The van der Waals surface area contributed by atoms with E-state index in [-0.39, 0.29) is 22.8 Å². The number of halogens is 1. The lowest BCUT2D eigenvalue weighted by atomic mass is 10.3. The van der Waals surface area contributed by atoms with E-state index < -0.39 is 0 Å². The molecule has 0 heterocycles. The minimum Gasteiger partial charge on any atom is -0.507 e. The predicted molar refractivity (Wildman–Crippen MR) is 35.1 cm³/mol. The van der Waals surface area contributed by atoms with Crippen LogP contribution in [-0.2, 0) is 0 Å². The topological polar surface area (TPSA) is 20.2 Å². The van der Waals surface area contributed by atoms with Gasteiger partial charge >= 0.3 is 0 Å². The molecule has 0 aliphatic carbocycles. The summed E-state index contributed by atoms with van der Waals surface area (Å²) >= 11 is 0.0454. The van der Waals surface area contributed by atoms with Gasteiger partial charge in [-0.05, 0) is 12.1 Å². The number of hydrogen-bond donors (Lipinski definition) is 1. The summed E-state index contributed by atoms with van der Waals surface area (Å²) in [4.78, 5) is 0.262. The zero-order valence-electron chi connectivity index (χ0n) is 4.54. The van der Waals surface area contributed by atoms with Gasteiger partial charge < -0.3 is 5.11 Å². The minimum absolute atomic E-state index is 0.00926. The Balaban J connectivity index is 3.01. The van der Waals surface area contributed by atoms with Crippen LogP contribution in [0.1, 0.15) is 0 Å². The Morgan fingerprint density at radius 2 is 2.00 bits per heavy atom. The van der Waals surface area contributed by atoms with Gasteiger partial charge in [-0.2, -0.15) is 3.89 Å². The van der Waals surface area contributed by atoms with E-state index in [0.29, 0.717) is 0 Å². The van der Waals surface area contributed by atoms with Gasteiger partial charge in [-0.15, -0.1) is 0 Å². The molecule has 0 unspecified atom stereocenters. The lowest BCUT2D eigenvalue weighted by Gasteiger charge is -1.93. The molecule has 0 radical (unpaired) electrons. The van der Waals surface area contributed by atoms with Crippen LogP contribution in [0, 0.1) is 0 Å². The second kappa shape index (κ2) is 2.73. The third-order valence-corrected chi connectivity index (χ3v) is 1.46. The average Bonchev–Trinajstić information content (AvgIpc) is 1.89. The van der Waals surface area contributed by atoms with Crippen molar-refractivity contribution in [3.63, 3.8) is 0 Å². The molecular weight excluding hydrogens is 139 g/mol. The third kappa shape index (κ3) is 1.36. The summed E-state index contributed by atoms with van der Waals surface area (Å²) in [6.45, 7) is 0. The molecule has 0 bridgehead atoms. The van der Waals surface area contributed by atoms with E-state index in [0.717, 1.165) is 0 Å². The Labute approximate surface area is 56.8 Å². The maximum Gasteiger partial charge on any atom is 0.131 e. The SMILES string of the molecule is Oc1ccccc1SF. The van der Waals surface area contributed by atoms with E-state index in [2.05, 4.69) is 0 Å². The molecule has 0 aliphatic heterocycles. The van der Waals surface area contributed by atoms with Gasteiger partial charge in [-0.3, -0.25) is 0 Å². The van der Waals surface area contributed by atoms with Crippen molar-refractivity contribution >= 4 is 12.1 Å². The quantitative estimate of drug-likeness (QED) is 0.653. The third-order valence-electron chi connectivity index (χ3n) is 0.948. The molecule has 1 aromatic carbocycles. The van der Waals surface area contributed by atoms with Crippen LogP contribution >= 0.6 is 12.1 Å². The van der Waals surface area contributed by atoms with Gasteiger partial charge in [-0.1, -0.05) is 12.1 Å². The highest BCUT2D eigenvalue weighted by Crippen LogP contribution is 2.27. The van der Waals surface area contributed by atoms with Gasteiger partial charge in [0.05, 0.1) is 17.0 Å². The molecule has 0 amide bonds. The van der Waals surface area contributed by atoms with Crippen LogP contribution < -0.4 is 0 Å². The van der Waals surface area contributed by atoms with Crippen molar-refractivity contribution in [2.45, 2.75) is 4.90 Å². The first-order valence-corrected chi connectivity index (χ1v) is 3.13. The maximum absolute atomic E-state index is 11.7. The van der Waals surface area contributed by atoms with Crippen LogP contribution in [0.25, 0.3) is 0 Å². The highest BCUT2D eigenvalue weighted by atomic mass is 32.2. The van der Waals surface area contributed by atoms with E-state index in [1.54, 1.807) is 12.1 Å². The van der Waals surface area contributed by atoms with Crippen LogP contribution in [0.5, 0.6) is 5.75 Å². The van der Waals surface area contributed by atoms with E-state index in [1.165, 1.54) is 12.1 Å². The van der Waals surface area contributed by atoms with Crippen molar-refractivity contribution in [1.29, 1.82) is 0 Å². The molecule has 48 valence electrons. The summed E-state index contributed by atoms with van der Waals surface area (Å²) in [5.74, 6) is -0.00926. The Morgan fingerprint density at radius 1 is 1.33 bits per heavy atom. The summed E-state index contributed by atoms with van der Waals surface area (Å²) in [7, 11) is 0. The van der Waals surface area contributed by atoms with Gasteiger partial charge in [0, 0.05) is 0 Å². The fourth-order valence-electron chi connectivity index (χ4n) is 0.522. The van der Waals surface area contributed by atoms with Crippen molar-refractivity contribution in [2.75, 3.05) is 0 Å². The number of phenolic OH excluding ortho intramolecular Hbond substituents is 1. The Kier molecular flexibility index (Phi) is 1.95. The van der Waals surface area contributed by atoms with Crippen LogP contribution in [0.4, 0.5) is 3.89 Å². The highest BCUT2D eigenvalue weighted by molar-refractivity contribution is 7.94. The van der Waals surface area contributed by atoms with E-state index >= 15 is 0 Å². The van der Waals surface area contributed by atoms with Gasteiger partial charge in [0.25, 0.3) is 0 Å². The molecule has 0 fully saturated rings.